The molecule has 0 aliphatic rings. The first-order chi connectivity index (χ1) is 11.4. The lowest BCUT2D eigenvalue weighted by molar-refractivity contribution is -0.123. The average Bonchev–Trinajstić information content (AvgIpc) is 2.55. The lowest BCUT2D eigenvalue weighted by Gasteiger charge is -2.21. The van der Waals surface area contributed by atoms with Gasteiger partial charge in [0.25, 0.3) is 0 Å². The second kappa shape index (κ2) is 7.72. The maximum absolute atomic E-state index is 11.7. The number of hydrogen-bond acceptors (Lipinski definition) is 5. The Labute approximate surface area is 141 Å². The summed E-state index contributed by atoms with van der Waals surface area (Å²) in [5.41, 5.74) is 2.77. The van der Waals surface area contributed by atoms with Gasteiger partial charge in [0.05, 0.1) is 11.2 Å². The Morgan fingerprint density at radius 1 is 1.04 bits per heavy atom. The number of anilines is 1. The minimum atomic E-state index is -0.757. The van der Waals surface area contributed by atoms with E-state index in [0.717, 1.165) is 22.2 Å². The second-order valence-electron chi connectivity index (χ2n) is 5.57. The van der Waals surface area contributed by atoms with Gasteiger partial charge in [0.1, 0.15) is 0 Å². The van der Waals surface area contributed by atoms with Crippen LogP contribution in [0.5, 0.6) is 0 Å². The van der Waals surface area contributed by atoms with Gasteiger partial charge in [0.2, 0.25) is 17.8 Å². The normalized spacial score (nSPS) is 10.7. The van der Waals surface area contributed by atoms with Crippen LogP contribution in [-0.4, -0.2) is 28.1 Å². The molecular formula is C17H23N5O2. The number of carbonyl (C=O) groups excluding carboxylic acids is 2. The molecule has 1 aromatic carbocycles. The highest BCUT2D eigenvalue weighted by atomic mass is 16.2. The Kier molecular flexibility index (Phi) is 5.68. The van der Waals surface area contributed by atoms with Crippen LogP contribution >= 0.6 is 0 Å². The number of nitrogens with one attached hydrogen (secondary N) is 3. The van der Waals surface area contributed by atoms with Gasteiger partial charge in [0, 0.05) is 18.2 Å². The van der Waals surface area contributed by atoms with Gasteiger partial charge in [-0.1, -0.05) is 25.5 Å². The molecule has 0 saturated heterocycles. The zero-order chi connectivity index (χ0) is 17.7. The number of aromatic nitrogens is 2. The van der Waals surface area contributed by atoms with Crippen LogP contribution in [0.3, 0.4) is 0 Å². The van der Waals surface area contributed by atoms with Crippen LogP contribution < -0.4 is 16.0 Å². The van der Waals surface area contributed by atoms with Crippen molar-refractivity contribution in [1.29, 1.82) is 0 Å². The van der Waals surface area contributed by atoms with Crippen LogP contribution in [0, 0.1) is 13.8 Å². The number of hydrogen-bond donors (Lipinski definition) is 3. The van der Waals surface area contributed by atoms with E-state index in [1.807, 2.05) is 32.0 Å². The smallest absolute Gasteiger partial charge is 0.226 e. The lowest BCUT2D eigenvalue weighted by atomic mass is 10.1. The van der Waals surface area contributed by atoms with Crippen molar-refractivity contribution in [2.24, 2.45) is 0 Å². The SMILES string of the molecule is CCC(=O)NC(NC(=O)CC)Nc1nc(C)c2cc(C)ccc2n1. The summed E-state index contributed by atoms with van der Waals surface area (Å²) in [5.74, 6) is -0.0178. The van der Waals surface area contributed by atoms with Crippen LogP contribution in [0.15, 0.2) is 18.2 Å². The minimum Gasteiger partial charge on any atom is -0.319 e. The third kappa shape index (κ3) is 4.41. The fourth-order valence-electron chi connectivity index (χ4n) is 2.22. The van der Waals surface area contributed by atoms with E-state index in [2.05, 4.69) is 25.9 Å². The van der Waals surface area contributed by atoms with Gasteiger partial charge in [-0.25, -0.2) is 9.97 Å². The topological polar surface area (TPSA) is 96.0 Å². The molecule has 0 unspecified atom stereocenters. The van der Waals surface area contributed by atoms with E-state index in [1.165, 1.54) is 0 Å². The molecule has 2 rings (SSSR count). The number of carbonyl (C=O) groups is 2. The Hall–Kier alpha value is -2.70. The summed E-state index contributed by atoms with van der Waals surface area (Å²) < 4.78 is 0. The highest BCUT2D eigenvalue weighted by molar-refractivity contribution is 5.83. The van der Waals surface area contributed by atoms with E-state index in [4.69, 9.17) is 0 Å². The molecule has 0 aliphatic heterocycles. The molecule has 0 aliphatic carbocycles. The van der Waals surface area contributed by atoms with E-state index in [1.54, 1.807) is 13.8 Å². The summed E-state index contributed by atoms with van der Waals surface area (Å²) in [6.45, 7) is 7.40. The van der Waals surface area contributed by atoms with E-state index in [-0.39, 0.29) is 11.8 Å². The fourth-order valence-corrected chi connectivity index (χ4v) is 2.22. The summed E-state index contributed by atoms with van der Waals surface area (Å²) in [7, 11) is 0. The molecule has 0 saturated carbocycles. The molecule has 0 atom stereocenters. The quantitative estimate of drug-likeness (QED) is 0.704. The Balaban J connectivity index is 2.27. The van der Waals surface area contributed by atoms with Gasteiger partial charge < -0.3 is 16.0 Å². The number of benzene rings is 1. The Bertz CT molecular complexity index is 742. The summed E-state index contributed by atoms with van der Waals surface area (Å²) in [6, 6.07) is 5.94. The molecule has 2 amide bonds. The van der Waals surface area contributed by atoms with Gasteiger partial charge in [-0.15, -0.1) is 0 Å². The molecule has 0 spiro atoms. The maximum atomic E-state index is 11.7. The van der Waals surface area contributed by atoms with Crippen LogP contribution in [0.2, 0.25) is 0 Å². The summed E-state index contributed by atoms with van der Waals surface area (Å²) in [6.07, 6.45) is -0.124. The first kappa shape index (κ1) is 17.7. The van der Waals surface area contributed by atoms with Crippen molar-refractivity contribution in [2.75, 3.05) is 5.32 Å². The molecular weight excluding hydrogens is 306 g/mol. The van der Waals surface area contributed by atoms with Crippen LogP contribution in [-0.2, 0) is 9.59 Å². The molecule has 3 N–H and O–H groups in total. The van der Waals surface area contributed by atoms with E-state index >= 15 is 0 Å². The van der Waals surface area contributed by atoms with Crippen molar-refractivity contribution in [1.82, 2.24) is 20.6 Å². The van der Waals surface area contributed by atoms with Gasteiger partial charge in [0.15, 0.2) is 6.29 Å². The van der Waals surface area contributed by atoms with Crippen molar-refractivity contribution in [3.05, 3.63) is 29.5 Å². The number of aryl methyl sites for hydroxylation is 2. The third-order valence-electron chi connectivity index (χ3n) is 3.57. The zero-order valence-electron chi connectivity index (χ0n) is 14.4. The molecule has 128 valence electrons. The molecule has 0 fully saturated rings. The van der Waals surface area contributed by atoms with Crippen LogP contribution in [0.4, 0.5) is 5.95 Å². The summed E-state index contributed by atoms with van der Waals surface area (Å²) >= 11 is 0. The third-order valence-corrected chi connectivity index (χ3v) is 3.57. The van der Waals surface area contributed by atoms with Crippen molar-refractivity contribution in [2.45, 2.75) is 46.8 Å². The Morgan fingerprint density at radius 3 is 2.25 bits per heavy atom. The highest BCUT2D eigenvalue weighted by Crippen LogP contribution is 2.18. The van der Waals surface area contributed by atoms with Gasteiger partial charge >= 0.3 is 0 Å². The van der Waals surface area contributed by atoms with Gasteiger partial charge in [-0.2, -0.15) is 0 Å². The molecule has 2 aromatic rings. The van der Waals surface area contributed by atoms with E-state index in [0.29, 0.717) is 18.8 Å². The summed E-state index contributed by atoms with van der Waals surface area (Å²) in [5, 5.41) is 9.34. The van der Waals surface area contributed by atoms with E-state index in [9.17, 15) is 9.59 Å². The molecule has 1 aromatic heterocycles. The number of nitrogens with zero attached hydrogens (tertiary/aromatic N) is 2. The Morgan fingerprint density at radius 2 is 1.67 bits per heavy atom. The lowest BCUT2D eigenvalue weighted by Crippen LogP contribution is -2.52. The molecule has 0 radical (unpaired) electrons. The van der Waals surface area contributed by atoms with Crippen molar-refractivity contribution in [3.8, 4) is 0 Å². The number of amides is 2. The summed E-state index contributed by atoms with van der Waals surface area (Å²) in [4.78, 5) is 32.2. The monoisotopic (exact) mass is 329 g/mol. The number of rotatable bonds is 6. The van der Waals surface area contributed by atoms with Crippen molar-refractivity contribution >= 4 is 28.7 Å². The van der Waals surface area contributed by atoms with Gasteiger partial charge in [-0.05, 0) is 26.0 Å². The molecule has 1 heterocycles. The predicted molar refractivity (Wildman–Crippen MR) is 93.3 cm³/mol. The predicted octanol–water partition coefficient (Wildman–Crippen LogP) is 1.99. The number of fused-ring (bicyclic) bond motifs is 1. The van der Waals surface area contributed by atoms with E-state index < -0.39 is 6.29 Å². The minimum absolute atomic E-state index is 0.183. The van der Waals surface area contributed by atoms with Crippen LogP contribution in [0.25, 0.3) is 10.9 Å². The zero-order valence-corrected chi connectivity index (χ0v) is 14.4. The van der Waals surface area contributed by atoms with Crippen molar-refractivity contribution in [3.63, 3.8) is 0 Å². The fraction of sp³-hybridized carbons (Fsp3) is 0.412. The second-order valence-corrected chi connectivity index (χ2v) is 5.57. The molecule has 7 nitrogen and oxygen atoms in total. The molecule has 0 bridgehead atoms. The maximum Gasteiger partial charge on any atom is 0.226 e. The standard InChI is InChI=1S/C17H23N5O2/c1-5-14(23)20-17(21-15(24)6-2)22-16-18-11(4)12-9-10(3)7-8-13(12)19-16/h7-9,17H,5-6H2,1-4H3,(H,20,23)(H,21,24)(H,18,19,22). The van der Waals surface area contributed by atoms with Gasteiger partial charge in [-0.3, -0.25) is 9.59 Å². The highest BCUT2D eigenvalue weighted by Gasteiger charge is 2.15. The largest absolute Gasteiger partial charge is 0.319 e. The molecule has 7 heteroatoms. The van der Waals surface area contributed by atoms with Crippen molar-refractivity contribution < 1.29 is 9.59 Å². The first-order valence-corrected chi connectivity index (χ1v) is 8.03. The average molecular weight is 329 g/mol. The molecule has 24 heavy (non-hydrogen) atoms. The first-order valence-electron chi connectivity index (χ1n) is 8.03. The van der Waals surface area contributed by atoms with Crippen LogP contribution in [0.1, 0.15) is 37.9 Å².